The van der Waals surface area contributed by atoms with E-state index in [-0.39, 0.29) is 11.8 Å². The van der Waals surface area contributed by atoms with E-state index in [1.54, 1.807) is 11.9 Å². The maximum atomic E-state index is 11.7. The molecular weight excluding hydrogens is 256 g/mol. The Hall–Kier alpha value is -0.970. The minimum atomic E-state index is -0.512. The molecule has 0 aliphatic heterocycles. The number of amides is 2. The number of halogens is 1. The summed E-state index contributed by atoms with van der Waals surface area (Å²) in [6.45, 7) is 8.77. The molecule has 0 fully saturated rings. The van der Waals surface area contributed by atoms with E-state index in [1.165, 1.54) is 4.90 Å². The van der Waals surface area contributed by atoms with Crippen LogP contribution in [0.25, 0.3) is 0 Å². The summed E-state index contributed by atoms with van der Waals surface area (Å²) in [7, 11) is 1.65. The van der Waals surface area contributed by atoms with Crippen LogP contribution in [0.5, 0.6) is 0 Å². The largest absolute Gasteiger partial charge is 0.444 e. The summed E-state index contributed by atoms with van der Waals surface area (Å²) in [5, 5.41) is 0. The highest BCUT2D eigenvalue weighted by Crippen LogP contribution is 2.09. The summed E-state index contributed by atoms with van der Waals surface area (Å²) < 4.78 is 5.21. The summed E-state index contributed by atoms with van der Waals surface area (Å²) in [6.07, 6.45) is -0.392. The van der Waals surface area contributed by atoms with Crippen LogP contribution in [0.4, 0.5) is 4.79 Å². The van der Waals surface area contributed by atoms with E-state index < -0.39 is 11.7 Å². The highest BCUT2D eigenvalue weighted by Gasteiger charge is 2.20. The molecule has 18 heavy (non-hydrogen) atoms. The van der Waals surface area contributed by atoms with Gasteiger partial charge >= 0.3 is 6.09 Å². The van der Waals surface area contributed by atoms with Gasteiger partial charge in [-0.2, -0.15) is 0 Å². The van der Waals surface area contributed by atoms with Gasteiger partial charge in [0.25, 0.3) is 0 Å². The number of likely N-dealkylation sites (N-methyl/N-ethyl adjacent to an activating group) is 2. The van der Waals surface area contributed by atoms with Gasteiger partial charge in [-0.3, -0.25) is 4.79 Å². The monoisotopic (exact) mass is 278 g/mol. The van der Waals surface area contributed by atoms with Crippen molar-refractivity contribution in [2.75, 3.05) is 32.6 Å². The summed E-state index contributed by atoms with van der Waals surface area (Å²) in [5.41, 5.74) is -0.512. The maximum Gasteiger partial charge on any atom is 0.410 e. The molecule has 0 saturated heterocycles. The summed E-state index contributed by atoms with van der Waals surface area (Å²) in [6, 6.07) is 0. The van der Waals surface area contributed by atoms with Crippen molar-refractivity contribution in [2.24, 2.45) is 0 Å². The molecule has 6 heteroatoms. The summed E-state index contributed by atoms with van der Waals surface area (Å²) in [5.74, 6) is -0.166. The highest BCUT2D eigenvalue weighted by atomic mass is 35.5. The fourth-order valence-corrected chi connectivity index (χ4v) is 1.41. The molecule has 0 aliphatic carbocycles. The molecule has 0 aromatic rings. The Morgan fingerprint density at radius 3 is 2.17 bits per heavy atom. The number of nitrogens with zero attached hydrogens (tertiary/aromatic N) is 2. The molecule has 0 rings (SSSR count). The van der Waals surface area contributed by atoms with Crippen LogP contribution in [0.15, 0.2) is 0 Å². The van der Waals surface area contributed by atoms with E-state index in [0.717, 1.165) is 0 Å². The molecule has 0 radical (unpaired) electrons. The molecule has 0 aromatic heterocycles. The standard InChI is InChI=1S/C12H23ClN2O3/c1-6-15(10(16)9-13)8-7-14(5)11(17)18-12(2,3)4/h6-9H2,1-5H3. The van der Waals surface area contributed by atoms with Crippen LogP contribution in [-0.4, -0.2) is 60.0 Å². The lowest BCUT2D eigenvalue weighted by Gasteiger charge is -2.27. The third kappa shape index (κ3) is 6.69. The topological polar surface area (TPSA) is 49.9 Å². The number of hydrogen-bond acceptors (Lipinski definition) is 3. The molecule has 0 heterocycles. The summed E-state index contributed by atoms with van der Waals surface area (Å²) >= 11 is 5.49. The van der Waals surface area contributed by atoms with Crippen LogP contribution in [-0.2, 0) is 9.53 Å². The second-order valence-corrected chi connectivity index (χ2v) is 5.28. The Kier molecular flexibility index (Phi) is 7.06. The number of carbonyl (C=O) groups is 2. The first-order valence-electron chi connectivity index (χ1n) is 5.99. The van der Waals surface area contributed by atoms with Gasteiger partial charge in [0.2, 0.25) is 5.91 Å². The number of alkyl halides is 1. The van der Waals surface area contributed by atoms with Gasteiger partial charge in [0.05, 0.1) is 0 Å². The van der Waals surface area contributed by atoms with Crippen molar-refractivity contribution in [1.29, 1.82) is 0 Å². The van der Waals surface area contributed by atoms with Crippen molar-refractivity contribution in [2.45, 2.75) is 33.3 Å². The van der Waals surface area contributed by atoms with Crippen LogP contribution in [0.1, 0.15) is 27.7 Å². The predicted octanol–water partition coefficient (Wildman–Crippen LogP) is 1.94. The van der Waals surface area contributed by atoms with Crippen molar-refractivity contribution >= 4 is 23.6 Å². The first-order chi connectivity index (χ1) is 8.21. The van der Waals surface area contributed by atoms with E-state index in [0.29, 0.717) is 19.6 Å². The van der Waals surface area contributed by atoms with Crippen molar-refractivity contribution in [3.8, 4) is 0 Å². The summed E-state index contributed by atoms with van der Waals surface area (Å²) in [4.78, 5) is 26.1. The lowest BCUT2D eigenvalue weighted by molar-refractivity contribution is -0.128. The Labute approximate surface area is 114 Å². The zero-order valence-corrected chi connectivity index (χ0v) is 12.6. The van der Waals surface area contributed by atoms with Gasteiger partial charge in [-0.1, -0.05) is 0 Å². The Morgan fingerprint density at radius 1 is 1.22 bits per heavy atom. The van der Waals surface area contributed by atoms with Gasteiger partial charge in [-0.05, 0) is 27.7 Å². The van der Waals surface area contributed by atoms with Gasteiger partial charge in [0.15, 0.2) is 0 Å². The Bertz CT molecular complexity index is 290. The smallest absolute Gasteiger partial charge is 0.410 e. The van der Waals surface area contributed by atoms with Gasteiger partial charge in [0.1, 0.15) is 11.5 Å². The normalized spacial score (nSPS) is 11.0. The molecule has 0 spiro atoms. The predicted molar refractivity (Wildman–Crippen MR) is 71.8 cm³/mol. The van der Waals surface area contributed by atoms with E-state index in [2.05, 4.69) is 0 Å². The highest BCUT2D eigenvalue weighted by molar-refractivity contribution is 6.27. The molecule has 106 valence electrons. The number of ether oxygens (including phenoxy) is 1. The zero-order chi connectivity index (χ0) is 14.3. The number of rotatable bonds is 5. The molecule has 2 amide bonds. The number of hydrogen-bond donors (Lipinski definition) is 0. The zero-order valence-electron chi connectivity index (χ0n) is 11.8. The molecule has 5 nitrogen and oxygen atoms in total. The second-order valence-electron chi connectivity index (χ2n) is 5.01. The third-order valence-corrected chi connectivity index (χ3v) is 2.49. The molecule has 0 unspecified atom stereocenters. The molecular formula is C12H23ClN2O3. The third-order valence-electron chi connectivity index (χ3n) is 2.26. The SMILES string of the molecule is CCN(CCN(C)C(=O)OC(C)(C)C)C(=O)CCl. The van der Waals surface area contributed by atoms with Gasteiger partial charge < -0.3 is 14.5 Å². The average molecular weight is 279 g/mol. The van der Waals surface area contributed by atoms with Crippen LogP contribution in [0.3, 0.4) is 0 Å². The second kappa shape index (κ2) is 7.46. The van der Waals surface area contributed by atoms with E-state index in [9.17, 15) is 9.59 Å². The first-order valence-corrected chi connectivity index (χ1v) is 6.52. The fraction of sp³-hybridized carbons (Fsp3) is 0.833. The quantitative estimate of drug-likeness (QED) is 0.722. The minimum absolute atomic E-state index is 0.0377. The fourth-order valence-electron chi connectivity index (χ4n) is 1.25. The van der Waals surface area contributed by atoms with Crippen molar-refractivity contribution < 1.29 is 14.3 Å². The first kappa shape index (κ1) is 17.0. The van der Waals surface area contributed by atoms with Crippen LogP contribution in [0, 0.1) is 0 Å². The minimum Gasteiger partial charge on any atom is -0.444 e. The lowest BCUT2D eigenvalue weighted by atomic mass is 10.2. The number of carbonyl (C=O) groups excluding carboxylic acids is 2. The lowest BCUT2D eigenvalue weighted by Crippen LogP contribution is -2.41. The van der Waals surface area contributed by atoms with E-state index in [4.69, 9.17) is 16.3 Å². The van der Waals surface area contributed by atoms with Crippen molar-refractivity contribution in [1.82, 2.24) is 9.80 Å². The van der Waals surface area contributed by atoms with Gasteiger partial charge in [-0.15, -0.1) is 11.6 Å². The van der Waals surface area contributed by atoms with Crippen molar-refractivity contribution in [3.63, 3.8) is 0 Å². The van der Waals surface area contributed by atoms with Gasteiger partial charge in [-0.25, -0.2) is 4.79 Å². The van der Waals surface area contributed by atoms with Crippen molar-refractivity contribution in [3.05, 3.63) is 0 Å². The molecule has 0 N–H and O–H groups in total. The molecule has 0 saturated carbocycles. The van der Waals surface area contributed by atoms with E-state index >= 15 is 0 Å². The Balaban J connectivity index is 4.20. The van der Waals surface area contributed by atoms with Crippen LogP contribution in [0.2, 0.25) is 0 Å². The maximum absolute atomic E-state index is 11.7. The van der Waals surface area contributed by atoms with Gasteiger partial charge in [0, 0.05) is 26.7 Å². The molecule has 0 aromatic carbocycles. The average Bonchev–Trinajstić information content (AvgIpc) is 2.26. The molecule has 0 aliphatic rings. The van der Waals surface area contributed by atoms with Crippen LogP contribution >= 0.6 is 11.6 Å². The van der Waals surface area contributed by atoms with Crippen LogP contribution < -0.4 is 0 Å². The Morgan fingerprint density at radius 2 is 1.78 bits per heavy atom. The van der Waals surface area contributed by atoms with E-state index in [1.807, 2.05) is 27.7 Å². The molecule has 0 bridgehead atoms. The molecule has 0 atom stereocenters.